The van der Waals surface area contributed by atoms with Crippen molar-refractivity contribution >= 4 is 11.9 Å². The van der Waals surface area contributed by atoms with E-state index in [0.29, 0.717) is 13.0 Å². The molecular formula is C16H25N3O3. The SMILES string of the molecule is COc1ccc(C)cc1CCNC(=O)C(NC(N)=O)C(C)C. The number of urea groups is 1. The van der Waals surface area contributed by atoms with Crippen molar-refractivity contribution in [2.24, 2.45) is 11.7 Å². The van der Waals surface area contributed by atoms with Gasteiger partial charge in [0.2, 0.25) is 5.91 Å². The van der Waals surface area contributed by atoms with Crippen LogP contribution in [0.15, 0.2) is 18.2 Å². The van der Waals surface area contributed by atoms with E-state index in [1.165, 1.54) is 0 Å². The second-order valence-electron chi connectivity index (χ2n) is 5.59. The molecule has 4 N–H and O–H groups in total. The molecule has 1 unspecified atom stereocenters. The first-order valence-electron chi connectivity index (χ1n) is 7.32. The van der Waals surface area contributed by atoms with Crippen molar-refractivity contribution in [3.05, 3.63) is 29.3 Å². The highest BCUT2D eigenvalue weighted by atomic mass is 16.5. The molecule has 1 aromatic rings. The molecule has 0 aliphatic carbocycles. The fourth-order valence-corrected chi connectivity index (χ4v) is 2.22. The van der Waals surface area contributed by atoms with E-state index in [9.17, 15) is 9.59 Å². The number of ether oxygens (including phenoxy) is 1. The van der Waals surface area contributed by atoms with E-state index < -0.39 is 12.1 Å². The van der Waals surface area contributed by atoms with Crippen LogP contribution in [0.5, 0.6) is 5.75 Å². The van der Waals surface area contributed by atoms with Crippen molar-refractivity contribution in [1.29, 1.82) is 0 Å². The first-order valence-corrected chi connectivity index (χ1v) is 7.32. The third-order valence-electron chi connectivity index (χ3n) is 3.38. The maximum Gasteiger partial charge on any atom is 0.312 e. The molecule has 6 heteroatoms. The first-order chi connectivity index (χ1) is 10.3. The van der Waals surface area contributed by atoms with Crippen molar-refractivity contribution < 1.29 is 14.3 Å². The molecular weight excluding hydrogens is 282 g/mol. The number of nitrogens with one attached hydrogen (secondary N) is 2. The highest BCUT2D eigenvalue weighted by molar-refractivity contribution is 5.86. The molecule has 0 aliphatic heterocycles. The van der Waals surface area contributed by atoms with E-state index >= 15 is 0 Å². The summed E-state index contributed by atoms with van der Waals surface area (Å²) in [5.74, 6) is 0.525. The third-order valence-corrected chi connectivity index (χ3v) is 3.38. The lowest BCUT2D eigenvalue weighted by Gasteiger charge is -2.20. The van der Waals surface area contributed by atoms with Crippen LogP contribution in [0.1, 0.15) is 25.0 Å². The van der Waals surface area contributed by atoms with Crippen LogP contribution in [0.3, 0.4) is 0 Å². The number of hydrogen-bond acceptors (Lipinski definition) is 3. The van der Waals surface area contributed by atoms with Gasteiger partial charge in [0.1, 0.15) is 11.8 Å². The van der Waals surface area contributed by atoms with Gasteiger partial charge in [-0.25, -0.2) is 4.79 Å². The fourth-order valence-electron chi connectivity index (χ4n) is 2.22. The zero-order chi connectivity index (χ0) is 16.7. The molecule has 1 aromatic carbocycles. The van der Waals surface area contributed by atoms with E-state index in [1.54, 1.807) is 7.11 Å². The first kappa shape index (κ1) is 17.8. The van der Waals surface area contributed by atoms with Crippen molar-refractivity contribution in [2.45, 2.75) is 33.2 Å². The molecule has 1 atom stereocenters. The van der Waals surface area contributed by atoms with Crippen LogP contribution in [-0.4, -0.2) is 31.6 Å². The molecule has 0 spiro atoms. The van der Waals surface area contributed by atoms with E-state index in [2.05, 4.69) is 10.6 Å². The molecule has 0 saturated heterocycles. The second-order valence-corrected chi connectivity index (χ2v) is 5.59. The number of methoxy groups -OCH3 is 1. The third kappa shape index (κ3) is 5.27. The number of carbonyl (C=O) groups is 2. The molecule has 0 aromatic heterocycles. The number of hydrogen-bond donors (Lipinski definition) is 3. The van der Waals surface area contributed by atoms with Gasteiger partial charge in [-0.2, -0.15) is 0 Å². The number of primary amides is 1. The number of aryl methyl sites for hydroxylation is 1. The summed E-state index contributed by atoms with van der Waals surface area (Å²) in [4.78, 5) is 23.1. The van der Waals surface area contributed by atoms with Gasteiger partial charge in [0.15, 0.2) is 0 Å². The summed E-state index contributed by atoms with van der Waals surface area (Å²) in [6.07, 6.45) is 0.651. The Labute approximate surface area is 131 Å². The van der Waals surface area contributed by atoms with Crippen LogP contribution in [0.25, 0.3) is 0 Å². The molecule has 22 heavy (non-hydrogen) atoms. The Bertz CT molecular complexity index is 529. The van der Waals surface area contributed by atoms with Gasteiger partial charge in [-0.05, 0) is 30.9 Å². The van der Waals surface area contributed by atoms with Crippen LogP contribution < -0.4 is 21.1 Å². The Morgan fingerprint density at radius 3 is 2.55 bits per heavy atom. The van der Waals surface area contributed by atoms with E-state index in [-0.39, 0.29) is 11.8 Å². The summed E-state index contributed by atoms with van der Waals surface area (Å²) in [6.45, 7) is 6.17. The number of benzene rings is 1. The van der Waals surface area contributed by atoms with Gasteiger partial charge < -0.3 is 21.1 Å². The van der Waals surface area contributed by atoms with Crippen molar-refractivity contribution in [3.63, 3.8) is 0 Å². The Hall–Kier alpha value is -2.24. The van der Waals surface area contributed by atoms with Crippen LogP contribution >= 0.6 is 0 Å². The molecule has 3 amide bonds. The number of nitrogens with two attached hydrogens (primary N) is 1. The zero-order valence-corrected chi connectivity index (χ0v) is 13.6. The predicted molar refractivity (Wildman–Crippen MR) is 85.8 cm³/mol. The monoisotopic (exact) mass is 307 g/mol. The molecule has 1 rings (SSSR count). The molecule has 0 saturated carbocycles. The summed E-state index contributed by atoms with van der Waals surface area (Å²) in [5.41, 5.74) is 7.27. The quantitative estimate of drug-likeness (QED) is 0.710. The van der Waals surface area contributed by atoms with Gasteiger partial charge in [-0.1, -0.05) is 31.5 Å². The lowest BCUT2D eigenvalue weighted by Crippen LogP contribution is -2.51. The van der Waals surface area contributed by atoms with Crippen molar-refractivity contribution in [3.8, 4) is 5.75 Å². The molecule has 0 bridgehead atoms. The summed E-state index contributed by atoms with van der Waals surface area (Å²) >= 11 is 0. The van der Waals surface area contributed by atoms with Crippen LogP contribution in [0, 0.1) is 12.8 Å². The molecule has 6 nitrogen and oxygen atoms in total. The Morgan fingerprint density at radius 2 is 2.00 bits per heavy atom. The van der Waals surface area contributed by atoms with Gasteiger partial charge in [-0.3, -0.25) is 4.79 Å². The van der Waals surface area contributed by atoms with E-state index in [0.717, 1.165) is 16.9 Å². The van der Waals surface area contributed by atoms with Gasteiger partial charge in [0.05, 0.1) is 7.11 Å². The minimum atomic E-state index is -0.700. The topological polar surface area (TPSA) is 93.4 Å². The second kappa shape index (κ2) is 8.26. The van der Waals surface area contributed by atoms with E-state index in [1.807, 2.05) is 39.0 Å². The maximum atomic E-state index is 12.1. The molecule has 122 valence electrons. The average molecular weight is 307 g/mol. The summed E-state index contributed by atoms with van der Waals surface area (Å²) in [7, 11) is 1.62. The average Bonchev–Trinajstić information content (AvgIpc) is 2.44. The standard InChI is InChI=1S/C16H25N3O3/c1-10(2)14(19-16(17)21)15(20)18-8-7-12-9-11(3)5-6-13(12)22-4/h5-6,9-10,14H,7-8H2,1-4H3,(H,18,20)(H3,17,19,21). The van der Waals surface area contributed by atoms with Gasteiger partial charge in [-0.15, -0.1) is 0 Å². The van der Waals surface area contributed by atoms with Crippen LogP contribution in [0.2, 0.25) is 0 Å². The normalized spacial score (nSPS) is 11.9. The lowest BCUT2D eigenvalue weighted by atomic mass is 10.0. The molecule has 0 fully saturated rings. The Morgan fingerprint density at radius 1 is 1.32 bits per heavy atom. The van der Waals surface area contributed by atoms with Crippen LogP contribution in [-0.2, 0) is 11.2 Å². The van der Waals surface area contributed by atoms with E-state index in [4.69, 9.17) is 10.5 Å². The van der Waals surface area contributed by atoms with Crippen LogP contribution in [0.4, 0.5) is 4.79 Å². The summed E-state index contributed by atoms with van der Waals surface area (Å²) in [6, 6.07) is 4.60. The maximum absolute atomic E-state index is 12.1. The smallest absolute Gasteiger partial charge is 0.312 e. The Kier molecular flexibility index (Phi) is 6.69. The number of rotatable bonds is 7. The summed E-state index contributed by atoms with van der Waals surface area (Å²) in [5, 5.41) is 5.29. The minimum absolute atomic E-state index is 0.0407. The van der Waals surface area contributed by atoms with Crippen molar-refractivity contribution in [2.75, 3.05) is 13.7 Å². The molecule has 0 radical (unpaired) electrons. The van der Waals surface area contributed by atoms with Gasteiger partial charge in [0, 0.05) is 6.54 Å². The summed E-state index contributed by atoms with van der Waals surface area (Å²) < 4.78 is 5.31. The predicted octanol–water partition coefficient (Wildman–Crippen LogP) is 1.36. The lowest BCUT2D eigenvalue weighted by molar-refractivity contribution is -0.123. The zero-order valence-electron chi connectivity index (χ0n) is 13.6. The molecule has 0 aliphatic rings. The Balaban J connectivity index is 2.60. The highest BCUT2D eigenvalue weighted by Crippen LogP contribution is 2.19. The minimum Gasteiger partial charge on any atom is -0.496 e. The largest absolute Gasteiger partial charge is 0.496 e. The number of carbonyl (C=O) groups excluding carboxylic acids is 2. The van der Waals surface area contributed by atoms with Crippen molar-refractivity contribution in [1.82, 2.24) is 10.6 Å². The molecule has 0 heterocycles. The fraction of sp³-hybridized carbons (Fsp3) is 0.500. The number of amides is 3. The van der Waals surface area contributed by atoms with Gasteiger partial charge in [0.25, 0.3) is 0 Å². The highest BCUT2D eigenvalue weighted by Gasteiger charge is 2.22. The van der Waals surface area contributed by atoms with Gasteiger partial charge >= 0.3 is 6.03 Å².